The highest BCUT2D eigenvalue weighted by Crippen LogP contribution is 2.50. The Morgan fingerprint density at radius 3 is 1.66 bits per heavy atom. The van der Waals surface area contributed by atoms with E-state index in [0.717, 1.165) is 0 Å². The number of ketones is 1. The van der Waals surface area contributed by atoms with Crippen LogP contribution >= 0.6 is 0 Å². The third-order valence-electron chi connectivity index (χ3n) is 5.07. The summed E-state index contributed by atoms with van der Waals surface area (Å²) < 4.78 is 22.7. The molecule has 0 aliphatic heterocycles. The molecule has 0 aliphatic carbocycles. The van der Waals surface area contributed by atoms with E-state index >= 15 is 0 Å². The Balaban J connectivity index is 2.76. The third kappa shape index (κ3) is 6.50. The van der Waals surface area contributed by atoms with Crippen molar-refractivity contribution in [3.05, 3.63) is 53.1 Å². The zero-order chi connectivity index (χ0) is 26.6. The number of carbonyl (C=O) groups excluding carboxylic acids is 3. The summed E-state index contributed by atoms with van der Waals surface area (Å²) in [4.78, 5) is 38.3. The second kappa shape index (κ2) is 10.8. The summed E-state index contributed by atoms with van der Waals surface area (Å²) in [6.45, 7) is 11.9. The SMILES string of the molecule is COc1c(C)c(OC(=O)C(C)(C)C)c(OC(=O)C(C)(C)C)c(OC)c1C=CC(=O)c1ccccc1. The fourth-order valence-corrected chi connectivity index (χ4v) is 2.99. The Labute approximate surface area is 207 Å². The standard InChI is InChI=1S/C28H34O7/c1-17-21(32-8)19(15-16-20(29)18-13-11-10-12-14-18)23(33-9)24(35-26(31)28(5,6)7)22(17)34-25(30)27(2,3)4/h10-16H,1-9H3. The van der Waals surface area contributed by atoms with Gasteiger partial charge in [0, 0.05) is 11.1 Å². The lowest BCUT2D eigenvalue weighted by Crippen LogP contribution is -2.28. The van der Waals surface area contributed by atoms with Gasteiger partial charge in [0.2, 0.25) is 5.75 Å². The molecule has 0 radical (unpaired) electrons. The summed E-state index contributed by atoms with van der Waals surface area (Å²) in [5.74, 6) is -0.948. The number of carbonyl (C=O) groups is 3. The van der Waals surface area contributed by atoms with Crippen molar-refractivity contribution >= 4 is 23.8 Å². The molecular weight excluding hydrogens is 448 g/mol. The van der Waals surface area contributed by atoms with E-state index in [-0.39, 0.29) is 23.0 Å². The number of esters is 2. The van der Waals surface area contributed by atoms with E-state index in [4.69, 9.17) is 18.9 Å². The molecule has 7 heteroatoms. The smallest absolute Gasteiger partial charge is 0.316 e. The van der Waals surface area contributed by atoms with Gasteiger partial charge >= 0.3 is 11.9 Å². The molecule has 0 atom stereocenters. The number of hydrogen-bond acceptors (Lipinski definition) is 7. The molecular formula is C28H34O7. The first-order valence-corrected chi connectivity index (χ1v) is 11.2. The van der Waals surface area contributed by atoms with Crippen LogP contribution in [0.1, 0.15) is 63.0 Å². The Hall–Kier alpha value is -3.61. The van der Waals surface area contributed by atoms with Crippen LogP contribution in [0.25, 0.3) is 6.08 Å². The van der Waals surface area contributed by atoms with E-state index in [2.05, 4.69) is 0 Å². The molecule has 0 spiro atoms. The first kappa shape index (κ1) is 27.6. The highest BCUT2D eigenvalue weighted by atomic mass is 16.6. The highest BCUT2D eigenvalue weighted by Gasteiger charge is 2.33. The molecule has 0 N–H and O–H groups in total. The minimum atomic E-state index is -0.844. The molecule has 0 aliphatic rings. The van der Waals surface area contributed by atoms with Crippen LogP contribution in [-0.2, 0) is 9.59 Å². The zero-order valence-corrected chi connectivity index (χ0v) is 21.9. The molecule has 0 saturated carbocycles. The maximum absolute atomic E-state index is 12.8. The lowest BCUT2D eigenvalue weighted by Gasteiger charge is -2.25. The van der Waals surface area contributed by atoms with Gasteiger partial charge in [0.05, 0.1) is 30.6 Å². The highest BCUT2D eigenvalue weighted by molar-refractivity contribution is 6.07. The van der Waals surface area contributed by atoms with Gasteiger partial charge in [-0.2, -0.15) is 0 Å². The van der Waals surface area contributed by atoms with Gasteiger partial charge in [-0.05, 0) is 60.6 Å². The molecule has 0 saturated heterocycles. The third-order valence-corrected chi connectivity index (χ3v) is 5.07. The number of rotatable bonds is 7. The maximum atomic E-state index is 12.8. The van der Waals surface area contributed by atoms with Crippen LogP contribution in [0.2, 0.25) is 0 Å². The maximum Gasteiger partial charge on any atom is 0.316 e. The van der Waals surface area contributed by atoms with Gasteiger partial charge in [0.1, 0.15) is 5.75 Å². The zero-order valence-electron chi connectivity index (χ0n) is 21.9. The van der Waals surface area contributed by atoms with Crippen LogP contribution in [-0.4, -0.2) is 31.9 Å². The molecule has 188 valence electrons. The molecule has 0 aromatic heterocycles. The molecule has 0 amide bonds. The van der Waals surface area contributed by atoms with Crippen molar-refractivity contribution in [2.45, 2.75) is 48.5 Å². The molecule has 2 aromatic carbocycles. The molecule has 0 bridgehead atoms. The minimum absolute atomic E-state index is 0.0164. The monoisotopic (exact) mass is 482 g/mol. The average Bonchev–Trinajstić information content (AvgIpc) is 2.78. The lowest BCUT2D eigenvalue weighted by molar-refractivity contribution is -0.145. The van der Waals surface area contributed by atoms with Crippen molar-refractivity contribution in [2.75, 3.05) is 14.2 Å². The average molecular weight is 483 g/mol. The minimum Gasteiger partial charge on any atom is -0.496 e. The van der Waals surface area contributed by atoms with Gasteiger partial charge in [0.15, 0.2) is 17.3 Å². The van der Waals surface area contributed by atoms with Crippen molar-refractivity contribution < 1.29 is 33.3 Å². The van der Waals surface area contributed by atoms with Crippen molar-refractivity contribution in [2.24, 2.45) is 10.8 Å². The van der Waals surface area contributed by atoms with Gasteiger partial charge < -0.3 is 18.9 Å². The molecule has 0 heterocycles. The second-order valence-electron chi connectivity index (χ2n) is 10.1. The first-order chi connectivity index (χ1) is 16.2. The van der Waals surface area contributed by atoms with Crippen molar-refractivity contribution in [1.82, 2.24) is 0 Å². The van der Waals surface area contributed by atoms with Crippen LogP contribution < -0.4 is 18.9 Å². The van der Waals surface area contributed by atoms with Gasteiger partial charge in [-0.1, -0.05) is 30.3 Å². The summed E-state index contributed by atoms with van der Waals surface area (Å²) >= 11 is 0. The Morgan fingerprint density at radius 1 is 0.714 bits per heavy atom. The number of benzene rings is 2. The predicted octanol–water partition coefficient (Wildman–Crippen LogP) is 5.81. The fraction of sp³-hybridized carbons (Fsp3) is 0.393. The topological polar surface area (TPSA) is 88.1 Å². The Kier molecular flexibility index (Phi) is 8.50. The lowest BCUT2D eigenvalue weighted by atomic mass is 9.96. The quantitative estimate of drug-likeness (QED) is 0.213. The Bertz CT molecular complexity index is 1130. The summed E-state index contributed by atoms with van der Waals surface area (Å²) in [7, 11) is 2.85. The van der Waals surface area contributed by atoms with Gasteiger partial charge in [-0.25, -0.2) is 0 Å². The van der Waals surface area contributed by atoms with Crippen LogP contribution in [0.3, 0.4) is 0 Å². The van der Waals surface area contributed by atoms with Gasteiger partial charge in [0.25, 0.3) is 0 Å². The number of ether oxygens (including phenoxy) is 4. The normalized spacial score (nSPS) is 11.8. The first-order valence-electron chi connectivity index (χ1n) is 11.2. The molecule has 0 unspecified atom stereocenters. The summed E-state index contributed by atoms with van der Waals surface area (Å²) in [5.41, 5.74) is -0.380. The van der Waals surface area contributed by atoms with Crippen LogP contribution in [0.15, 0.2) is 36.4 Å². The molecule has 35 heavy (non-hydrogen) atoms. The van der Waals surface area contributed by atoms with Crippen LogP contribution in [0.4, 0.5) is 0 Å². The van der Waals surface area contributed by atoms with Crippen LogP contribution in [0, 0.1) is 17.8 Å². The van der Waals surface area contributed by atoms with Crippen LogP contribution in [0.5, 0.6) is 23.0 Å². The largest absolute Gasteiger partial charge is 0.496 e. The van der Waals surface area contributed by atoms with Crippen molar-refractivity contribution in [3.8, 4) is 23.0 Å². The van der Waals surface area contributed by atoms with Crippen molar-refractivity contribution in [3.63, 3.8) is 0 Å². The van der Waals surface area contributed by atoms with Gasteiger partial charge in [-0.3, -0.25) is 14.4 Å². The summed E-state index contributed by atoms with van der Waals surface area (Å²) in [5, 5.41) is 0. The van der Waals surface area contributed by atoms with E-state index in [1.54, 1.807) is 72.7 Å². The summed E-state index contributed by atoms with van der Waals surface area (Å²) in [6, 6.07) is 8.78. The van der Waals surface area contributed by atoms with E-state index in [9.17, 15) is 14.4 Å². The number of allylic oxidation sites excluding steroid dienone is 1. The molecule has 2 rings (SSSR count). The number of hydrogen-bond donors (Lipinski definition) is 0. The van der Waals surface area contributed by atoms with Gasteiger partial charge in [-0.15, -0.1) is 0 Å². The predicted molar refractivity (Wildman–Crippen MR) is 134 cm³/mol. The molecule has 0 fully saturated rings. The number of methoxy groups -OCH3 is 2. The molecule has 2 aromatic rings. The van der Waals surface area contributed by atoms with E-state index < -0.39 is 22.8 Å². The van der Waals surface area contributed by atoms with Crippen molar-refractivity contribution in [1.29, 1.82) is 0 Å². The Morgan fingerprint density at radius 2 is 1.20 bits per heavy atom. The fourth-order valence-electron chi connectivity index (χ4n) is 2.99. The second-order valence-corrected chi connectivity index (χ2v) is 10.1. The van der Waals surface area contributed by atoms with E-state index in [0.29, 0.717) is 22.4 Å². The van der Waals surface area contributed by atoms with E-state index in [1.165, 1.54) is 26.4 Å². The molecule has 7 nitrogen and oxygen atoms in total. The van der Waals surface area contributed by atoms with E-state index in [1.807, 2.05) is 6.07 Å². The summed E-state index contributed by atoms with van der Waals surface area (Å²) in [6.07, 6.45) is 2.91.